The summed E-state index contributed by atoms with van der Waals surface area (Å²) < 4.78 is 25.8. The molecule has 162 valence electrons. The minimum absolute atomic E-state index is 0.176. The van der Waals surface area contributed by atoms with Crippen LogP contribution >= 0.6 is 0 Å². The Hall–Kier alpha value is -4.17. The predicted octanol–water partition coefficient (Wildman–Crippen LogP) is 6.43. The molecule has 33 heavy (non-hydrogen) atoms. The van der Waals surface area contributed by atoms with E-state index < -0.39 is 5.82 Å². The molecule has 0 N–H and O–H groups in total. The van der Waals surface area contributed by atoms with Gasteiger partial charge in [-0.15, -0.1) is 0 Å². The molecule has 0 radical (unpaired) electrons. The molecule has 0 bridgehead atoms. The van der Waals surface area contributed by atoms with Crippen LogP contribution in [0.15, 0.2) is 75.9 Å². The number of halogens is 1. The molecule has 0 atom stereocenters. The third-order valence-corrected chi connectivity index (χ3v) is 5.69. The van der Waals surface area contributed by atoms with Crippen LogP contribution in [0.25, 0.3) is 34.2 Å². The highest BCUT2D eigenvalue weighted by molar-refractivity contribution is 5.87. The van der Waals surface area contributed by atoms with Crippen molar-refractivity contribution in [2.45, 2.75) is 12.8 Å². The zero-order valence-corrected chi connectivity index (χ0v) is 17.8. The van der Waals surface area contributed by atoms with Gasteiger partial charge >= 0.3 is 0 Å². The summed E-state index contributed by atoms with van der Waals surface area (Å²) in [6.07, 6.45) is 5.94. The molecule has 5 rings (SSSR count). The number of benzene rings is 3. The number of ether oxygens (including phenoxy) is 1. The lowest BCUT2D eigenvalue weighted by atomic mass is 10.00. The maximum absolute atomic E-state index is 13.8. The first kappa shape index (κ1) is 20.7. The summed E-state index contributed by atoms with van der Waals surface area (Å²) in [6, 6.07) is 20.4. The Morgan fingerprint density at radius 1 is 1.06 bits per heavy atom. The Morgan fingerprint density at radius 2 is 1.85 bits per heavy atom. The van der Waals surface area contributed by atoms with E-state index in [1.807, 2.05) is 30.3 Å². The minimum atomic E-state index is -0.481. The maximum Gasteiger partial charge on any atom is 0.201 e. The second kappa shape index (κ2) is 8.76. The minimum Gasteiger partial charge on any atom is -0.493 e. The van der Waals surface area contributed by atoms with Gasteiger partial charge < -0.3 is 9.15 Å². The lowest BCUT2D eigenvalue weighted by Gasteiger charge is -2.10. The molecular weight excluding hydrogens is 417 g/mol. The van der Waals surface area contributed by atoms with Gasteiger partial charge in [0.15, 0.2) is 0 Å². The van der Waals surface area contributed by atoms with Crippen LogP contribution in [0.3, 0.4) is 0 Å². The van der Waals surface area contributed by atoms with Crippen molar-refractivity contribution in [3.05, 3.63) is 99.7 Å². The first-order valence-electron chi connectivity index (χ1n) is 10.8. The van der Waals surface area contributed by atoms with Crippen LogP contribution in [-0.4, -0.2) is 6.61 Å². The molecule has 5 heteroatoms. The van der Waals surface area contributed by atoms with Gasteiger partial charge in [-0.2, -0.15) is 5.26 Å². The van der Waals surface area contributed by atoms with Gasteiger partial charge in [0.05, 0.1) is 29.2 Å². The van der Waals surface area contributed by atoms with Gasteiger partial charge in [-0.3, -0.25) is 4.79 Å². The van der Waals surface area contributed by atoms with E-state index in [1.54, 1.807) is 30.3 Å². The van der Waals surface area contributed by atoms with Crippen molar-refractivity contribution in [2.24, 2.45) is 5.92 Å². The first-order valence-corrected chi connectivity index (χ1v) is 10.8. The predicted molar refractivity (Wildman–Crippen MR) is 126 cm³/mol. The number of fused-ring (bicyclic) bond motifs is 1. The summed E-state index contributed by atoms with van der Waals surface area (Å²) >= 11 is 0. The lowest BCUT2D eigenvalue weighted by Crippen LogP contribution is -2.07. The molecule has 0 amide bonds. The van der Waals surface area contributed by atoms with E-state index in [1.165, 1.54) is 31.0 Å². The molecule has 1 heterocycles. The monoisotopic (exact) mass is 437 g/mol. The first-order chi connectivity index (χ1) is 16.1. The third-order valence-electron chi connectivity index (χ3n) is 5.69. The Morgan fingerprint density at radius 3 is 2.61 bits per heavy atom. The smallest absolute Gasteiger partial charge is 0.201 e. The fraction of sp³-hybridized carbons (Fsp3) is 0.143. The molecular formula is C28H20FNO3. The number of nitriles is 1. The number of para-hydroxylation sites is 1. The van der Waals surface area contributed by atoms with E-state index in [4.69, 9.17) is 14.4 Å². The largest absolute Gasteiger partial charge is 0.493 e. The van der Waals surface area contributed by atoms with Crippen LogP contribution < -0.4 is 10.2 Å². The van der Waals surface area contributed by atoms with E-state index in [9.17, 15) is 9.18 Å². The summed E-state index contributed by atoms with van der Waals surface area (Å²) in [7, 11) is 0. The molecule has 1 saturated carbocycles. The quantitative estimate of drug-likeness (QED) is 0.349. The molecule has 4 aromatic rings. The van der Waals surface area contributed by atoms with Crippen molar-refractivity contribution in [1.82, 2.24) is 0 Å². The van der Waals surface area contributed by atoms with Gasteiger partial charge in [0.2, 0.25) is 5.43 Å². The van der Waals surface area contributed by atoms with Gasteiger partial charge in [-0.1, -0.05) is 30.3 Å². The summed E-state index contributed by atoms with van der Waals surface area (Å²) in [5, 5.41) is 9.40. The molecule has 1 aromatic heterocycles. The Labute approximate surface area is 190 Å². The average molecular weight is 437 g/mol. The molecule has 0 spiro atoms. The summed E-state index contributed by atoms with van der Waals surface area (Å²) in [4.78, 5) is 13.4. The molecule has 1 aliphatic rings. The molecule has 0 aliphatic heterocycles. The standard InChI is InChI=1S/C28H20FNO3/c29-22-12-13-23-26(15-22)33-25(27(28(23)31)21-9-7-18(16-30)8-10-21)14-11-20-3-1-2-4-24(20)32-17-19-5-6-19/h1-4,7-15,19H,5-6,17H2/b14-11+. The van der Waals surface area contributed by atoms with Crippen molar-refractivity contribution >= 4 is 23.1 Å². The second-order valence-corrected chi connectivity index (χ2v) is 8.13. The summed E-state index contributed by atoms with van der Waals surface area (Å²) in [5.74, 6) is 1.21. The number of rotatable bonds is 6. The molecule has 4 nitrogen and oxygen atoms in total. The number of hydrogen-bond acceptors (Lipinski definition) is 4. The van der Waals surface area contributed by atoms with Crippen LogP contribution in [0.4, 0.5) is 4.39 Å². The van der Waals surface area contributed by atoms with Gasteiger partial charge in [-0.25, -0.2) is 4.39 Å². The van der Waals surface area contributed by atoms with E-state index in [0.717, 1.165) is 11.3 Å². The van der Waals surface area contributed by atoms with E-state index in [0.29, 0.717) is 40.4 Å². The fourth-order valence-electron chi connectivity index (χ4n) is 3.69. The van der Waals surface area contributed by atoms with E-state index in [-0.39, 0.29) is 11.0 Å². The third kappa shape index (κ3) is 4.42. The summed E-state index contributed by atoms with van der Waals surface area (Å²) in [5.41, 5.74) is 2.23. The Kier molecular flexibility index (Phi) is 5.50. The van der Waals surface area contributed by atoms with Crippen molar-refractivity contribution in [2.75, 3.05) is 6.61 Å². The zero-order valence-electron chi connectivity index (χ0n) is 17.8. The van der Waals surface area contributed by atoms with E-state index >= 15 is 0 Å². The maximum atomic E-state index is 13.8. The number of nitrogens with zero attached hydrogens (tertiary/aromatic N) is 1. The molecule has 0 saturated heterocycles. The Bertz CT molecular complexity index is 1460. The number of hydrogen-bond donors (Lipinski definition) is 0. The van der Waals surface area contributed by atoms with Crippen LogP contribution in [0.2, 0.25) is 0 Å². The fourth-order valence-corrected chi connectivity index (χ4v) is 3.69. The van der Waals surface area contributed by atoms with Gasteiger partial charge in [0.25, 0.3) is 0 Å². The normalized spacial score (nSPS) is 13.3. The van der Waals surface area contributed by atoms with Crippen LogP contribution in [0.5, 0.6) is 5.75 Å². The highest BCUT2D eigenvalue weighted by atomic mass is 19.1. The average Bonchev–Trinajstić information content (AvgIpc) is 3.66. The van der Waals surface area contributed by atoms with Crippen molar-refractivity contribution in [1.29, 1.82) is 5.26 Å². The lowest BCUT2D eigenvalue weighted by molar-refractivity contribution is 0.299. The topological polar surface area (TPSA) is 63.2 Å². The zero-order chi connectivity index (χ0) is 22.8. The van der Waals surface area contributed by atoms with Gasteiger partial charge in [0, 0.05) is 11.6 Å². The molecule has 0 unspecified atom stereocenters. The van der Waals surface area contributed by atoms with Crippen LogP contribution in [0.1, 0.15) is 29.7 Å². The van der Waals surface area contributed by atoms with Crippen molar-refractivity contribution in [3.63, 3.8) is 0 Å². The molecule has 1 aliphatic carbocycles. The van der Waals surface area contributed by atoms with Crippen molar-refractivity contribution in [3.8, 4) is 22.9 Å². The second-order valence-electron chi connectivity index (χ2n) is 8.13. The highest BCUT2D eigenvalue weighted by Crippen LogP contribution is 2.31. The molecule has 1 fully saturated rings. The van der Waals surface area contributed by atoms with Gasteiger partial charge in [0.1, 0.15) is 22.9 Å². The van der Waals surface area contributed by atoms with E-state index in [2.05, 4.69) is 6.07 Å². The highest BCUT2D eigenvalue weighted by Gasteiger charge is 2.22. The van der Waals surface area contributed by atoms with Crippen LogP contribution in [0, 0.1) is 23.1 Å². The van der Waals surface area contributed by atoms with Crippen molar-refractivity contribution < 1.29 is 13.5 Å². The van der Waals surface area contributed by atoms with Gasteiger partial charge in [-0.05, 0) is 66.8 Å². The SMILES string of the molecule is N#Cc1ccc(-c2c(/C=C/c3ccccc3OCC3CC3)oc3cc(F)ccc3c2=O)cc1. The summed E-state index contributed by atoms with van der Waals surface area (Å²) in [6.45, 7) is 0.686. The molecule has 3 aromatic carbocycles. The Balaban J connectivity index is 1.62. The van der Waals surface area contributed by atoms with Crippen LogP contribution in [-0.2, 0) is 0 Å².